The average molecular weight is 479 g/mol. The molecule has 2 aromatic rings. The normalized spacial score (nSPS) is 29.5. The third-order valence-corrected chi connectivity index (χ3v) is 7.88. The molecule has 0 spiro atoms. The minimum atomic E-state index is -2.21. The molecule has 3 aliphatic rings. The highest BCUT2D eigenvalue weighted by Gasteiger charge is 2.67. The van der Waals surface area contributed by atoms with E-state index < -0.39 is 35.5 Å². The van der Waals surface area contributed by atoms with E-state index in [9.17, 15) is 19.8 Å². The van der Waals surface area contributed by atoms with Crippen LogP contribution in [-0.2, 0) is 16.1 Å². The first-order valence-electron chi connectivity index (χ1n) is 12.3. The van der Waals surface area contributed by atoms with E-state index in [0.717, 1.165) is 34.2 Å². The molecule has 1 amide bonds. The Labute approximate surface area is 205 Å². The first kappa shape index (κ1) is 23.8. The molecule has 3 heterocycles. The highest BCUT2D eigenvalue weighted by atomic mass is 16.5. The van der Waals surface area contributed by atoms with Crippen LogP contribution >= 0.6 is 0 Å². The number of ketones is 1. The molecular formula is C28H34N2O5. The molecule has 0 radical (unpaired) electrons. The summed E-state index contributed by atoms with van der Waals surface area (Å²) in [5, 5.41) is 24.5. The minimum Gasteiger partial charge on any atom is -0.497 e. The summed E-state index contributed by atoms with van der Waals surface area (Å²) in [5.41, 5.74) is 2.04. The second-order valence-electron chi connectivity index (χ2n) is 10.6. The number of nitrogens with zero attached hydrogens (tertiary/aromatic N) is 2. The van der Waals surface area contributed by atoms with Gasteiger partial charge in [-0.3, -0.25) is 9.59 Å². The van der Waals surface area contributed by atoms with Gasteiger partial charge in [0.2, 0.25) is 0 Å². The summed E-state index contributed by atoms with van der Waals surface area (Å²) < 4.78 is 7.59. The largest absolute Gasteiger partial charge is 0.497 e. The standard InChI is InChI=1S/C28H34N2O5/c1-15(2)10-12-29-21-14-17(35-5)8-9-18(21)22-24(29)19(13-16(3)4)23-25(31)20-7-6-11-30(20)27(33)28(23,34)26(22)32/h8-10,13-14,19-20,23,26,32,34H,6-7,11-12H2,1-5H3. The van der Waals surface area contributed by atoms with Gasteiger partial charge in [0.25, 0.3) is 5.91 Å². The van der Waals surface area contributed by atoms with E-state index in [-0.39, 0.29) is 5.78 Å². The van der Waals surface area contributed by atoms with E-state index in [0.29, 0.717) is 30.8 Å². The Kier molecular flexibility index (Phi) is 5.68. The molecule has 7 heteroatoms. The molecule has 7 nitrogen and oxygen atoms in total. The number of ether oxygens (including phenoxy) is 1. The van der Waals surface area contributed by atoms with Gasteiger partial charge in [0.1, 0.15) is 11.9 Å². The van der Waals surface area contributed by atoms with Gasteiger partial charge in [-0.15, -0.1) is 0 Å². The van der Waals surface area contributed by atoms with Crippen LogP contribution in [0, 0.1) is 5.92 Å². The van der Waals surface area contributed by atoms with Gasteiger partial charge in [0.05, 0.1) is 24.6 Å². The Hall–Kier alpha value is -2.90. The molecule has 2 fully saturated rings. The maximum atomic E-state index is 13.9. The lowest BCUT2D eigenvalue weighted by molar-refractivity contribution is -0.194. The molecule has 1 aliphatic carbocycles. The van der Waals surface area contributed by atoms with Crippen LogP contribution in [0.5, 0.6) is 5.75 Å². The van der Waals surface area contributed by atoms with Crippen LogP contribution in [0.4, 0.5) is 0 Å². The molecule has 2 aliphatic heterocycles. The highest BCUT2D eigenvalue weighted by molar-refractivity contribution is 6.05. The predicted octanol–water partition coefficient (Wildman–Crippen LogP) is 3.63. The zero-order chi connectivity index (χ0) is 25.2. The maximum Gasteiger partial charge on any atom is 0.259 e. The van der Waals surface area contributed by atoms with Gasteiger partial charge in [-0.2, -0.15) is 0 Å². The number of piperidine rings is 1. The Morgan fingerprint density at radius 1 is 1.20 bits per heavy atom. The number of fused-ring (bicyclic) bond motifs is 5. The number of carbonyl (C=O) groups excluding carboxylic acids is 2. The molecule has 0 bridgehead atoms. The van der Waals surface area contributed by atoms with Gasteiger partial charge < -0.3 is 24.4 Å². The lowest BCUT2D eigenvalue weighted by Crippen LogP contribution is -2.69. The monoisotopic (exact) mass is 478 g/mol. The van der Waals surface area contributed by atoms with Crippen molar-refractivity contribution in [1.82, 2.24) is 9.47 Å². The number of methoxy groups -OCH3 is 1. The van der Waals surface area contributed by atoms with Crippen molar-refractivity contribution in [1.29, 1.82) is 0 Å². The quantitative estimate of drug-likeness (QED) is 0.655. The topological polar surface area (TPSA) is 92.0 Å². The fraction of sp³-hybridized carbons (Fsp3) is 0.500. The van der Waals surface area contributed by atoms with Gasteiger partial charge in [0.15, 0.2) is 11.4 Å². The van der Waals surface area contributed by atoms with Gasteiger partial charge in [0, 0.05) is 41.7 Å². The van der Waals surface area contributed by atoms with Gasteiger partial charge >= 0.3 is 0 Å². The lowest BCUT2D eigenvalue weighted by atomic mass is 9.61. The number of rotatable bonds is 4. The summed E-state index contributed by atoms with van der Waals surface area (Å²) >= 11 is 0. The van der Waals surface area contributed by atoms with E-state index in [1.54, 1.807) is 7.11 Å². The third kappa shape index (κ3) is 3.32. The fourth-order valence-electron chi connectivity index (χ4n) is 6.36. The van der Waals surface area contributed by atoms with Crippen LogP contribution in [0.3, 0.4) is 0 Å². The minimum absolute atomic E-state index is 0.159. The number of aliphatic hydroxyl groups excluding tert-OH is 1. The summed E-state index contributed by atoms with van der Waals surface area (Å²) in [6.07, 6.45) is 3.87. The van der Waals surface area contributed by atoms with Crippen molar-refractivity contribution in [2.24, 2.45) is 5.92 Å². The fourth-order valence-corrected chi connectivity index (χ4v) is 6.36. The van der Waals surface area contributed by atoms with Gasteiger partial charge in [-0.05, 0) is 52.7 Å². The number of aromatic nitrogens is 1. The summed E-state index contributed by atoms with van der Waals surface area (Å²) in [5.74, 6) is -1.63. The van der Waals surface area contributed by atoms with Crippen LogP contribution < -0.4 is 4.74 Å². The molecule has 5 unspecified atom stereocenters. The lowest BCUT2D eigenvalue weighted by Gasteiger charge is -2.51. The molecule has 35 heavy (non-hydrogen) atoms. The Morgan fingerprint density at radius 2 is 1.94 bits per heavy atom. The number of hydrogen-bond acceptors (Lipinski definition) is 5. The summed E-state index contributed by atoms with van der Waals surface area (Å²) in [4.78, 5) is 29.1. The van der Waals surface area contributed by atoms with Crippen molar-refractivity contribution in [3.05, 3.63) is 52.8 Å². The number of aliphatic hydroxyl groups is 2. The first-order chi connectivity index (χ1) is 16.6. The van der Waals surface area contributed by atoms with Crippen molar-refractivity contribution in [3.63, 3.8) is 0 Å². The van der Waals surface area contributed by atoms with Crippen molar-refractivity contribution in [2.75, 3.05) is 13.7 Å². The van der Waals surface area contributed by atoms with E-state index in [4.69, 9.17) is 4.74 Å². The number of allylic oxidation sites excluding steroid dienone is 4. The summed E-state index contributed by atoms with van der Waals surface area (Å²) in [7, 11) is 1.60. The molecule has 0 saturated carbocycles. The summed E-state index contributed by atoms with van der Waals surface area (Å²) in [6, 6.07) is 5.06. The molecule has 2 saturated heterocycles. The van der Waals surface area contributed by atoms with Crippen molar-refractivity contribution < 1.29 is 24.5 Å². The molecule has 186 valence electrons. The van der Waals surface area contributed by atoms with Gasteiger partial charge in [-0.1, -0.05) is 23.3 Å². The maximum absolute atomic E-state index is 13.9. The van der Waals surface area contributed by atoms with Crippen LogP contribution in [0.15, 0.2) is 41.5 Å². The molecule has 5 atom stereocenters. The van der Waals surface area contributed by atoms with E-state index in [1.165, 1.54) is 4.90 Å². The van der Waals surface area contributed by atoms with E-state index in [2.05, 4.69) is 10.6 Å². The molecule has 5 rings (SSSR count). The number of amides is 1. The first-order valence-corrected chi connectivity index (χ1v) is 12.3. The second kappa shape index (κ2) is 8.35. The molecule has 1 aromatic carbocycles. The number of benzene rings is 1. The SMILES string of the molecule is COc1ccc2c3c(n(CC=C(C)C)c2c1)C(C=C(C)C)C1C(=O)C2CCCN2C(=O)C1(O)C3O. The Balaban J connectivity index is 1.86. The number of Topliss-reactive ketones (excluding diaryl/α,β-unsaturated/α-hetero) is 1. The van der Waals surface area contributed by atoms with Gasteiger partial charge in [-0.25, -0.2) is 0 Å². The van der Waals surface area contributed by atoms with Crippen LogP contribution in [0.25, 0.3) is 10.9 Å². The average Bonchev–Trinajstić information content (AvgIpc) is 3.42. The smallest absolute Gasteiger partial charge is 0.259 e. The number of hydrogen-bond donors (Lipinski definition) is 2. The molecule has 1 aromatic heterocycles. The number of carbonyl (C=O) groups is 2. The zero-order valence-corrected chi connectivity index (χ0v) is 21.0. The van der Waals surface area contributed by atoms with Crippen molar-refractivity contribution in [2.45, 2.75) is 70.7 Å². The van der Waals surface area contributed by atoms with Crippen molar-refractivity contribution in [3.8, 4) is 5.75 Å². The zero-order valence-electron chi connectivity index (χ0n) is 21.0. The van der Waals surface area contributed by atoms with Crippen LogP contribution in [0.1, 0.15) is 63.8 Å². The van der Waals surface area contributed by atoms with E-state index >= 15 is 0 Å². The van der Waals surface area contributed by atoms with E-state index in [1.807, 2.05) is 52.0 Å². The summed E-state index contributed by atoms with van der Waals surface area (Å²) in [6.45, 7) is 8.91. The highest BCUT2D eigenvalue weighted by Crippen LogP contribution is 2.56. The predicted molar refractivity (Wildman–Crippen MR) is 133 cm³/mol. The Morgan fingerprint density at radius 3 is 2.60 bits per heavy atom. The molecular weight excluding hydrogens is 444 g/mol. The van der Waals surface area contributed by atoms with Crippen LogP contribution in [0.2, 0.25) is 0 Å². The second-order valence-corrected chi connectivity index (χ2v) is 10.6. The third-order valence-electron chi connectivity index (χ3n) is 7.88. The molecule has 2 N–H and O–H groups in total. The van der Waals surface area contributed by atoms with Crippen LogP contribution in [-0.4, -0.2) is 56.7 Å². The Bertz CT molecular complexity index is 1280. The van der Waals surface area contributed by atoms with Crippen molar-refractivity contribution >= 4 is 22.6 Å².